The van der Waals surface area contributed by atoms with E-state index in [-0.39, 0.29) is 42.5 Å². The SMILES string of the molecule is CN=C(NCC(CO)c1ccccc1)NCC(c1cccc(C)c1)N1CCOCC1.I. The first-order valence-corrected chi connectivity index (χ1v) is 10.7. The highest BCUT2D eigenvalue weighted by Crippen LogP contribution is 2.22. The fourth-order valence-electron chi connectivity index (χ4n) is 3.87. The molecule has 0 bridgehead atoms. The second-order valence-corrected chi connectivity index (χ2v) is 7.70. The number of rotatable bonds is 8. The number of guanidine groups is 1. The lowest BCUT2D eigenvalue weighted by molar-refractivity contribution is 0.0170. The number of aryl methyl sites for hydroxylation is 1. The molecule has 0 aliphatic carbocycles. The number of nitrogens with zero attached hydrogens (tertiary/aromatic N) is 2. The predicted octanol–water partition coefficient (Wildman–Crippen LogP) is 2.93. The molecule has 2 aromatic rings. The van der Waals surface area contributed by atoms with Crippen LogP contribution >= 0.6 is 24.0 Å². The number of ether oxygens (including phenoxy) is 1. The monoisotopic (exact) mass is 538 g/mol. The van der Waals surface area contributed by atoms with E-state index in [0.717, 1.165) is 44.4 Å². The number of nitrogens with one attached hydrogen (secondary N) is 2. The fourth-order valence-corrected chi connectivity index (χ4v) is 3.87. The summed E-state index contributed by atoms with van der Waals surface area (Å²) in [4.78, 5) is 6.86. The van der Waals surface area contributed by atoms with Gasteiger partial charge in [-0.25, -0.2) is 0 Å². The standard InChI is InChI=1S/C24H34N4O2.HI/c1-19-7-6-10-21(15-19)23(28-11-13-30-14-12-28)17-27-24(25-2)26-16-22(18-29)20-8-4-3-5-9-20;/h3-10,15,22-23,29H,11-14,16-18H2,1-2H3,(H2,25,26,27);1H. The van der Waals surface area contributed by atoms with E-state index < -0.39 is 0 Å². The van der Waals surface area contributed by atoms with Crippen molar-refractivity contribution < 1.29 is 9.84 Å². The Balaban J connectivity index is 0.00000341. The van der Waals surface area contributed by atoms with E-state index in [1.807, 2.05) is 30.3 Å². The smallest absolute Gasteiger partial charge is 0.191 e. The maximum absolute atomic E-state index is 9.81. The summed E-state index contributed by atoms with van der Waals surface area (Å²) in [5.41, 5.74) is 3.69. The Kier molecular flexibility index (Phi) is 11.3. The lowest BCUT2D eigenvalue weighted by Gasteiger charge is -2.35. The molecule has 3 N–H and O–H groups in total. The van der Waals surface area contributed by atoms with Gasteiger partial charge in [-0.1, -0.05) is 60.2 Å². The Morgan fingerprint density at radius 3 is 2.35 bits per heavy atom. The van der Waals surface area contributed by atoms with Crippen molar-refractivity contribution in [3.63, 3.8) is 0 Å². The first-order chi connectivity index (χ1) is 14.7. The summed E-state index contributed by atoms with van der Waals surface area (Å²) >= 11 is 0. The molecule has 0 saturated carbocycles. The van der Waals surface area contributed by atoms with Gasteiger partial charge in [0.15, 0.2) is 5.96 Å². The molecular weight excluding hydrogens is 503 g/mol. The van der Waals surface area contributed by atoms with Crippen LogP contribution in [0.5, 0.6) is 0 Å². The molecule has 2 unspecified atom stereocenters. The number of morpholine rings is 1. The molecule has 1 heterocycles. The van der Waals surface area contributed by atoms with E-state index in [0.29, 0.717) is 6.54 Å². The predicted molar refractivity (Wildman–Crippen MR) is 137 cm³/mol. The van der Waals surface area contributed by atoms with Gasteiger partial charge in [0.2, 0.25) is 0 Å². The van der Waals surface area contributed by atoms with Crippen LogP contribution in [0.15, 0.2) is 59.6 Å². The number of aliphatic hydroxyl groups is 1. The zero-order valence-corrected chi connectivity index (χ0v) is 20.8. The molecule has 0 amide bonds. The highest BCUT2D eigenvalue weighted by atomic mass is 127. The first-order valence-electron chi connectivity index (χ1n) is 10.7. The summed E-state index contributed by atoms with van der Waals surface area (Å²) in [6.45, 7) is 6.97. The van der Waals surface area contributed by atoms with E-state index in [1.165, 1.54) is 11.1 Å². The van der Waals surface area contributed by atoms with Crippen molar-refractivity contribution in [3.8, 4) is 0 Å². The Bertz CT molecular complexity index is 797. The van der Waals surface area contributed by atoms with Crippen molar-refractivity contribution in [2.75, 3.05) is 53.0 Å². The molecule has 1 saturated heterocycles. The van der Waals surface area contributed by atoms with E-state index in [9.17, 15) is 5.11 Å². The zero-order valence-electron chi connectivity index (χ0n) is 18.5. The van der Waals surface area contributed by atoms with E-state index >= 15 is 0 Å². The summed E-state index contributed by atoms with van der Waals surface area (Å²) < 4.78 is 5.55. The van der Waals surface area contributed by atoms with Gasteiger partial charge in [-0.2, -0.15) is 0 Å². The zero-order chi connectivity index (χ0) is 21.2. The molecule has 2 aromatic carbocycles. The van der Waals surface area contributed by atoms with Gasteiger partial charge >= 0.3 is 0 Å². The highest BCUT2D eigenvalue weighted by molar-refractivity contribution is 14.0. The van der Waals surface area contributed by atoms with Crippen LogP contribution in [0.2, 0.25) is 0 Å². The minimum atomic E-state index is 0. The topological polar surface area (TPSA) is 69.1 Å². The second kappa shape index (κ2) is 13.7. The highest BCUT2D eigenvalue weighted by Gasteiger charge is 2.23. The van der Waals surface area contributed by atoms with E-state index in [4.69, 9.17) is 4.74 Å². The number of aliphatic hydroxyl groups excluding tert-OH is 1. The van der Waals surface area contributed by atoms with Crippen LogP contribution in [0.3, 0.4) is 0 Å². The molecule has 1 fully saturated rings. The number of hydrogen-bond acceptors (Lipinski definition) is 4. The molecule has 0 aromatic heterocycles. The van der Waals surface area contributed by atoms with Gasteiger partial charge < -0.3 is 20.5 Å². The molecule has 170 valence electrons. The third-order valence-electron chi connectivity index (χ3n) is 5.61. The molecule has 0 radical (unpaired) electrons. The van der Waals surface area contributed by atoms with Gasteiger partial charge in [0.1, 0.15) is 0 Å². The van der Waals surface area contributed by atoms with Gasteiger partial charge in [0.25, 0.3) is 0 Å². The number of aliphatic imine (C=N–C) groups is 1. The molecular formula is C24H35IN4O2. The molecule has 6 nitrogen and oxygen atoms in total. The third-order valence-corrected chi connectivity index (χ3v) is 5.61. The third kappa shape index (κ3) is 7.75. The summed E-state index contributed by atoms with van der Waals surface area (Å²) in [6.07, 6.45) is 0. The Morgan fingerprint density at radius 1 is 1.03 bits per heavy atom. The van der Waals surface area contributed by atoms with Gasteiger partial charge in [-0.3, -0.25) is 9.89 Å². The van der Waals surface area contributed by atoms with Gasteiger partial charge in [-0.05, 0) is 18.1 Å². The van der Waals surface area contributed by atoms with Crippen LogP contribution in [-0.2, 0) is 4.74 Å². The molecule has 7 heteroatoms. The maximum atomic E-state index is 9.81. The van der Waals surface area contributed by atoms with Crippen LogP contribution in [-0.4, -0.2) is 69.0 Å². The van der Waals surface area contributed by atoms with Crippen LogP contribution < -0.4 is 10.6 Å². The Hall–Kier alpha value is -1.68. The van der Waals surface area contributed by atoms with Crippen LogP contribution in [0.4, 0.5) is 0 Å². The Morgan fingerprint density at radius 2 is 1.71 bits per heavy atom. The van der Waals surface area contributed by atoms with Crippen molar-refractivity contribution in [3.05, 3.63) is 71.3 Å². The molecule has 1 aliphatic heterocycles. The van der Waals surface area contributed by atoms with Crippen molar-refractivity contribution in [1.82, 2.24) is 15.5 Å². The van der Waals surface area contributed by atoms with Crippen molar-refractivity contribution in [2.24, 2.45) is 4.99 Å². The van der Waals surface area contributed by atoms with Crippen LogP contribution in [0, 0.1) is 6.92 Å². The maximum Gasteiger partial charge on any atom is 0.191 e. The van der Waals surface area contributed by atoms with Gasteiger partial charge in [0, 0.05) is 39.1 Å². The average Bonchev–Trinajstić information content (AvgIpc) is 2.79. The summed E-state index contributed by atoms with van der Waals surface area (Å²) in [6, 6.07) is 19.0. The van der Waals surface area contributed by atoms with Crippen LogP contribution in [0.25, 0.3) is 0 Å². The van der Waals surface area contributed by atoms with Crippen molar-refractivity contribution in [1.29, 1.82) is 0 Å². The van der Waals surface area contributed by atoms with Crippen LogP contribution in [0.1, 0.15) is 28.7 Å². The van der Waals surface area contributed by atoms with Crippen molar-refractivity contribution >= 4 is 29.9 Å². The van der Waals surface area contributed by atoms with Gasteiger partial charge in [0.05, 0.1) is 25.9 Å². The summed E-state index contributed by atoms with van der Waals surface area (Å²) in [5.74, 6) is 0.770. The molecule has 31 heavy (non-hydrogen) atoms. The second-order valence-electron chi connectivity index (χ2n) is 7.70. The molecule has 1 aliphatic rings. The number of benzene rings is 2. The quantitative estimate of drug-likeness (QED) is 0.274. The normalized spacial score (nSPS) is 16.8. The van der Waals surface area contributed by atoms with Crippen molar-refractivity contribution in [2.45, 2.75) is 18.9 Å². The molecule has 2 atom stereocenters. The lowest BCUT2D eigenvalue weighted by atomic mass is 10.0. The molecule has 0 spiro atoms. The fraction of sp³-hybridized carbons (Fsp3) is 0.458. The largest absolute Gasteiger partial charge is 0.396 e. The number of hydrogen-bond donors (Lipinski definition) is 3. The summed E-state index contributed by atoms with van der Waals surface area (Å²) in [7, 11) is 1.78. The number of halogens is 1. The van der Waals surface area contributed by atoms with E-state index in [2.05, 4.69) is 51.7 Å². The lowest BCUT2D eigenvalue weighted by Crippen LogP contribution is -2.47. The first kappa shape index (κ1) is 25.6. The van der Waals surface area contributed by atoms with Gasteiger partial charge in [-0.15, -0.1) is 24.0 Å². The Labute approximate surface area is 203 Å². The molecule has 3 rings (SSSR count). The summed E-state index contributed by atoms with van der Waals surface area (Å²) in [5, 5.41) is 16.7. The minimum absolute atomic E-state index is 0. The minimum Gasteiger partial charge on any atom is -0.396 e. The average molecular weight is 538 g/mol. The van der Waals surface area contributed by atoms with E-state index in [1.54, 1.807) is 7.05 Å².